The third-order valence-corrected chi connectivity index (χ3v) is 5.63. The normalized spacial score (nSPS) is 11.9. The lowest BCUT2D eigenvalue weighted by Gasteiger charge is -2.15. The molecule has 0 aliphatic heterocycles. The van der Waals surface area contributed by atoms with Gasteiger partial charge in [-0.05, 0) is 29.2 Å². The highest BCUT2D eigenvalue weighted by atomic mass is 32.1. The van der Waals surface area contributed by atoms with Gasteiger partial charge in [-0.25, -0.2) is 9.97 Å². The number of thiophene rings is 1. The second-order valence-electron chi connectivity index (χ2n) is 7.00. The molecule has 0 bridgehead atoms. The van der Waals surface area contributed by atoms with Crippen molar-refractivity contribution in [3.8, 4) is 11.1 Å². The minimum Gasteiger partial charge on any atom is -0.339 e. The molecule has 7 heteroatoms. The maximum atomic E-state index is 13.4. The Morgan fingerprint density at radius 1 is 0.966 bits per heavy atom. The van der Waals surface area contributed by atoms with Gasteiger partial charge in [-0.1, -0.05) is 50.2 Å². The summed E-state index contributed by atoms with van der Waals surface area (Å²) in [6.45, 7) is 4.26. The number of halogens is 3. The van der Waals surface area contributed by atoms with Gasteiger partial charge in [0.25, 0.3) is 0 Å². The van der Waals surface area contributed by atoms with E-state index < -0.39 is 11.7 Å². The number of nitrogens with zero attached hydrogens (tertiary/aromatic N) is 2. The minimum atomic E-state index is -4.46. The van der Waals surface area contributed by atoms with Gasteiger partial charge in [-0.3, -0.25) is 0 Å². The van der Waals surface area contributed by atoms with Crippen molar-refractivity contribution in [2.24, 2.45) is 0 Å². The maximum absolute atomic E-state index is 13.4. The van der Waals surface area contributed by atoms with Crippen molar-refractivity contribution in [2.45, 2.75) is 25.9 Å². The van der Waals surface area contributed by atoms with Gasteiger partial charge in [0.2, 0.25) is 0 Å². The first-order valence-corrected chi connectivity index (χ1v) is 9.98. The molecule has 2 aromatic heterocycles. The molecule has 2 heterocycles. The van der Waals surface area contributed by atoms with Crippen LogP contribution in [0.3, 0.4) is 0 Å². The lowest BCUT2D eigenvalue weighted by Crippen LogP contribution is -2.09. The first kappa shape index (κ1) is 19.4. The molecule has 29 heavy (non-hydrogen) atoms. The van der Waals surface area contributed by atoms with E-state index in [0.717, 1.165) is 22.0 Å². The largest absolute Gasteiger partial charge is 0.418 e. The fourth-order valence-corrected chi connectivity index (χ4v) is 4.11. The molecule has 1 N–H and O–H groups in total. The van der Waals surface area contributed by atoms with Crippen LogP contribution < -0.4 is 5.32 Å². The molecule has 0 saturated heterocycles. The molecule has 3 nitrogen and oxygen atoms in total. The van der Waals surface area contributed by atoms with Crippen molar-refractivity contribution in [1.82, 2.24) is 9.97 Å². The topological polar surface area (TPSA) is 37.8 Å². The highest BCUT2D eigenvalue weighted by Crippen LogP contribution is 2.40. The van der Waals surface area contributed by atoms with Crippen LogP contribution in [0.25, 0.3) is 21.3 Å². The molecule has 0 aliphatic carbocycles. The van der Waals surface area contributed by atoms with Gasteiger partial charge in [0.05, 0.1) is 16.6 Å². The van der Waals surface area contributed by atoms with Gasteiger partial charge in [0.1, 0.15) is 17.0 Å². The minimum absolute atomic E-state index is 0.0349. The predicted octanol–water partition coefficient (Wildman–Crippen LogP) is 7.24. The number of rotatable bonds is 4. The van der Waals surface area contributed by atoms with E-state index in [1.165, 1.54) is 35.4 Å². The van der Waals surface area contributed by atoms with E-state index in [4.69, 9.17) is 0 Å². The lowest BCUT2D eigenvalue weighted by atomic mass is 9.99. The Hall–Kier alpha value is -2.93. The first-order chi connectivity index (χ1) is 13.8. The number of alkyl halides is 3. The van der Waals surface area contributed by atoms with Crippen LogP contribution in [0.4, 0.5) is 24.7 Å². The summed E-state index contributed by atoms with van der Waals surface area (Å²) in [7, 11) is 0. The Morgan fingerprint density at radius 3 is 2.38 bits per heavy atom. The highest BCUT2D eigenvalue weighted by Gasteiger charge is 2.33. The lowest BCUT2D eigenvalue weighted by molar-refractivity contribution is -0.136. The van der Waals surface area contributed by atoms with Crippen molar-refractivity contribution in [1.29, 1.82) is 0 Å². The van der Waals surface area contributed by atoms with Crippen molar-refractivity contribution in [2.75, 3.05) is 5.32 Å². The van der Waals surface area contributed by atoms with E-state index in [2.05, 4.69) is 41.3 Å². The number of hydrogen-bond donors (Lipinski definition) is 1. The first-order valence-electron chi connectivity index (χ1n) is 9.10. The van der Waals surface area contributed by atoms with Crippen molar-refractivity contribution >= 4 is 33.1 Å². The monoisotopic (exact) mass is 413 g/mol. The number of benzene rings is 2. The molecule has 0 spiro atoms. The predicted molar refractivity (Wildman–Crippen MR) is 112 cm³/mol. The molecule has 0 unspecified atom stereocenters. The molecule has 4 rings (SSSR count). The summed E-state index contributed by atoms with van der Waals surface area (Å²) in [5.74, 6) is 0.776. The Morgan fingerprint density at radius 2 is 1.69 bits per heavy atom. The third-order valence-electron chi connectivity index (χ3n) is 4.74. The average Bonchev–Trinajstić information content (AvgIpc) is 3.13. The van der Waals surface area contributed by atoms with Crippen molar-refractivity contribution < 1.29 is 13.2 Å². The number of anilines is 2. The quantitative estimate of drug-likeness (QED) is 0.383. The van der Waals surface area contributed by atoms with Crippen molar-refractivity contribution in [3.05, 3.63) is 71.4 Å². The van der Waals surface area contributed by atoms with Gasteiger partial charge in [-0.15, -0.1) is 11.3 Å². The Balaban J connectivity index is 1.81. The summed E-state index contributed by atoms with van der Waals surface area (Å²) in [5, 5.41) is 5.56. The summed E-state index contributed by atoms with van der Waals surface area (Å²) < 4.78 is 40.1. The Labute approximate surface area is 170 Å². The summed E-state index contributed by atoms with van der Waals surface area (Å²) >= 11 is 1.44. The van der Waals surface area contributed by atoms with E-state index in [9.17, 15) is 13.2 Å². The molecule has 0 atom stereocenters. The zero-order valence-electron chi connectivity index (χ0n) is 15.8. The molecule has 0 fully saturated rings. The number of nitrogens with one attached hydrogen (secondary N) is 1. The highest BCUT2D eigenvalue weighted by molar-refractivity contribution is 7.17. The van der Waals surface area contributed by atoms with Crippen LogP contribution in [0.15, 0.2) is 60.2 Å². The second kappa shape index (κ2) is 7.48. The molecule has 0 saturated carbocycles. The number of para-hydroxylation sites is 1. The fourth-order valence-electron chi connectivity index (χ4n) is 3.20. The van der Waals surface area contributed by atoms with Crippen LogP contribution in [0, 0.1) is 0 Å². The fraction of sp³-hybridized carbons (Fsp3) is 0.182. The van der Waals surface area contributed by atoms with E-state index in [1.54, 1.807) is 6.07 Å². The third kappa shape index (κ3) is 3.82. The molecule has 0 amide bonds. The molecular weight excluding hydrogens is 395 g/mol. The molecule has 0 aliphatic rings. The van der Waals surface area contributed by atoms with Crippen molar-refractivity contribution in [3.63, 3.8) is 0 Å². The van der Waals surface area contributed by atoms with E-state index in [-0.39, 0.29) is 5.69 Å². The Bertz CT molecular complexity index is 1150. The van der Waals surface area contributed by atoms with E-state index in [1.807, 2.05) is 17.5 Å². The van der Waals surface area contributed by atoms with Crippen LogP contribution in [-0.2, 0) is 6.18 Å². The summed E-state index contributed by atoms with van der Waals surface area (Å²) in [6, 6.07) is 13.6. The SMILES string of the molecule is CC(C)c1ccc(-c2csc3ncnc(Nc4ccccc4C(F)(F)F)c23)cc1. The smallest absolute Gasteiger partial charge is 0.339 e. The van der Waals surface area contributed by atoms with Crippen LogP contribution in [-0.4, -0.2) is 9.97 Å². The zero-order valence-corrected chi connectivity index (χ0v) is 16.6. The molecule has 2 aromatic carbocycles. The standard InChI is InChI=1S/C22H18F3N3S/c1-13(2)14-7-9-15(10-8-14)16-11-29-21-19(16)20(26-12-27-21)28-18-6-4-3-5-17(18)22(23,24)25/h3-13H,1-2H3,(H,26,27,28). The van der Waals surface area contributed by atoms with Gasteiger partial charge < -0.3 is 5.32 Å². The molecule has 148 valence electrons. The number of fused-ring (bicyclic) bond motifs is 1. The molecule has 4 aromatic rings. The summed E-state index contributed by atoms with van der Waals surface area (Å²) in [4.78, 5) is 9.26. The molecule has 0 radical (unpaired) electrons. The van der Waals surface area contributed by atoms with Gasteiger partial charge >= 0.3 is 6.18 Å². The summed E-state index contributed by atoms with van der Waals surface area (Å²) in [5.41, 5.74) is 2.33. The van der Waals surface area contributed by atoms with E-state index >= 15 is 0 Å². The second-order valence-corrected chi connectivity index (χ2v) is 7.85. The van der Waals surface area contributed by atoms with Gasteiger partial charge in [0.15, 0.2) is 0 Å². The number of aromatic nitrogens is 2. The van der Waals surface area contributed by atoms with Crippen LogP contribution in [0.2, 0.25) is 0 Å². The Kier molecular flexibility index (Phi) is 5.00. The van der Waals surface area contributed by atoms with E-state index in [0.29, 0.717) is 17.1 Å². The number of hydrogen-bond acceptors (Lipinski definition) is 4. The summed E-state index contributed by atoms with van der Waals surface area (Å²) in [6.07, 6.45) is -3.09. The van der Waals surface area contributed by atoms with Crippen LogP contribution >= 0.6 is 11.3 Å². The van der Waals surface area contributed by atoms with Crippen LogP contribution in [0.1, 0.15) is 30.9 Å². The maximum Gasteiger partial charge on any atom is 0.418 e. The zero-order chi connectivity index (χ0) is 20.6. The van der Waals surface area contributed by atoms with Gasteiger partial charge in [-0.2, -0.15) is 13.2 Å². The molecular formula is C22H18F3N3S. The van der Waals surface area contributed by atoms with Gasteiger partial charge in [0, 0.05) is 10.9 Å². The average molecular weight is 413 g/mol. The van der Waals surface area contributed by atoms with Crippen LogP contribution in [0.5, 0.6) is 0 Å².